The Morgan fingerprint density at radius 1 is 1.00 bits per heavy atom. The maximum absolute atomic E-state index is 5.74. The molecular weight excluding hydrogens is 260 g/mol. The minimum Gasteiger partial charge on any atom is -0.259 e. The van der Waals surface area contributed by atoms with Gasteiger partial charge in [0.1, 0.15) is 11.6 Å². The summed E-state index contributed by atoms with van der Waals surface area (Å²) in [6.45, 7) is 3.67. The number of benzene rings is 1. The smallest absolute Gasteiger partial charge is 0.200 e. The van der Waals surface area contributed by atoms with Gasteiger partial charge in [-0.2, -0.15) is 0 Å². The van der Waals surface area contributed by atoms with Gasteiger partial charge in [0.15, 0.2) is 11.6 Å². The van der Waals surface area contributed by atoms with E-state index in [1.54, 1.807) is 0 Å². The second kappa shape index (κ2) is 4.60. The van der Waals surface area contributed by atoms with Crippen LogP contribution >= 0.6 is 12.1 Å². The van der Waals surface area contributed by atoms with Crippen LogP contribution in [0.5, 0.6) is 0 Å². The molecule has 0 aliphatic rings. The summed E-state index contributed by atoms with van der Waals surface area (Å²) in [5.41, 5.74) is 1.81. The normalized spacial score (nSPS) is 11.1. The van der Waals surface area contributed by atoms with E-state index >= 15 is 0 Å². The molecule has 1 aromatic carbocycles. The van der Waals surface area contributed by atoms with Crippen LogP contribution in [0.1, 0.15) is 11.6 Å². The Morgan fingerprint density at radius 2 is 1.68 bits per heavy atom. The molecule has 96 valence electrons. The van der Waals surface area contributed by atoms with Crippen LogP contribution in [0, 0.1) is 13.8 Å². The Bertz CT molecular complexity index is 731. The summed E-state index contributed by atoms with van der Waals surface area (Å²) in [4.78, 5) is 17.4. The third-order valence-electron chi connectivity index (χ3n) is 2.68. The molecule has 0 spiro atoms. The Kier molecular flexibility index (Phi) is 2.92. The summed E-state index contributed by atoms with van der Waals surface area (Å²) in [6.07, 6.45) is 0. The number of hydrogen-bond acceptors (Lipinski definition) is 6. The van der Waals surface area contributed by atoms with Gasteiger partial charge in [0.05, 0.1) is 11.0 Å². The Hall–Kier alpha value is -1.99. The number of rotatable bonds is 2. The van der Waals surface area contributed by atoms with Gasteiger partial charge in [-0.3, -0.25) is 5.14 Å². The molecule has 0 aliphatic heterocycles. The van der Waals surface area contributed by atoms with Gasteiger partial charge >= 0.3 is 0 Å². The maximum atomic E-state index is 5.74. The van der Waals surface area contributed by atoms with Crippen LogP contribution in [-0.4, -0.2) is 23.9 Å². The lowest BCUT2D eigenvalue weighted by atomic mass is 10.3. The summed E-state index contributed by atoms with van der Waals surface area (Å²) < 4.78 is 1.82. The van der Waals surface area contributed by atoms with Gasteiger partial charge < -0.3 is 0 Å². The predicted octanol–water partition coefficient (Wildman–Crippen LogP) is 1.88. The number of nitrogens with zero attached hydrogens (tertiary/aromatic N) is 5. The number of aromatic nitrogens is 5. The minimum absolute atomic E-state index is 0.541. The van der Waals surface area contributed by atoms with Crippen LogP contribution in [0.25, 0.3) is 22.7 Å². The first-order valence-corrected chi connectivity index (χ1v) is 6.57. The first-order chi connectivity index (χ1) is 9.19. The van der Waals surface area contributed by atoms with Crippen molar-refractivity contribution < 1.29 is 0 Å². The summed E-state index contributed by atoms with van der Waals surface area (Å²) >= 11 is 1.09. The molecule has 0 atom stereocenters. The highest BCUT2D eigenvalue weighted by atomic mass is 32.2. The molecule has 6 nitrogen and oxygen atoms in total. The first-order valence-electron chi connectivity index (χ1n) is 5.73. The van der Waals surface area contributed by atoms with E-state index in [2.05, 4.69) is 19.9 Å². The monoisotopic (exact) mass is 272 g/mol. The van der Waals surface area contributed by atoms with Crippen LogP contribution in [0.4, 0.5) is 0 Å². The van der Waals surface area contributed by atoms with E-state index in [1.807, 2.05) is 42.1 Å². The maximum Gasteiger partial charge on any atom is 0.200 e. The van der Waals surface area contributed by atoms with Crippen molar-refractivity contribution in [3.8, 4) is 11.6 Å². The van der Waals surface area contributed by atoms with Crippen molar-refractivity contribution >= 4 is 23.2 Å². The Balaban J connectivity index is 2.29. The van der Waals surface area contributed by atoms with Crippen molar-refractivity contribution in [3.05, 3.63) is 35.9 Å². The summed E-state index contributed by atoms with van der Waals surface area (Å²) in [6, 6.07) is 7.79. The summed E-state index contributed by atoms with van der Waals surface area (Å²) in [7, 11) is 0. The van der Waals surface area contributed by atoms with Crippen LogP contribution in [0.3, 0.4) is 0 Å². The van der Waals surface area contributed by atoms with E-state index in [0.717, 1.165) is 23.2 Å². The molecule has 2 heterocycles. The molecule has 0 saturated carbocycles. The molecule has 19 heavy (non-hydrogen) atoms. The van der Waals surface area contributed by atoms with Gasteiger partial charge in [-0.25, -0.2) is 23.9 Å². The van der Waals surface area contributed by atoms with E-state index in [4.69, 9.17) is 5.14 Å². The fourth-order valence-corrected chi connectivity index (χ4v) is 2.46. The molecule has 0 fully saturated rings. The fraction of sp³-hybridized carbons (Fsp3) is 0.167. The van der Waals surface area contributed by atoms with Crippen molar-refractivity contribution in [3.63, 3.8) is 0 Å². The lowest BCUT2D eigenvalue weighted by molar-refractivity contribution is 0.917. The highest BCUT2D eigenvalue weighted by Gasteiger charge is 2.15. The van der Waals surface area contributed by atoms with E-state index < -0.39 is 0 Å². The van der Waals surface area contributed by atoms with E-state index in [-0.39, 0.29) is 0 Å². The summed E-state index contributed by atoms with van der Waals surface area (Å²) in [5, 5.41) is 5.74. The lowest BCUT2D eigenvalue weighted by Crippen LogP contribution is -2.03. The van der Waals surface area contributed by atoms with Crippen molar-refractivity contribution in [1.82, 2.24) is 23.9 Å². The number of hydrogen-bond donors (Lipinski definition) is 1. The van der Waals surface area contributed by atoms with E-state index in [1.165, 1.54) is 0 Å². The second-order valence-electron chi connectivity index (χ2n) is 4.08. The Labute approximate surface area is 114 Å². The molecule has 3 aromatic rings. The van der Waals surface area contributed by atoms with Gasteiger partial charge in [-0.1, -0.05) is 12.1 Å². The highest BCUT2D eigenvalue weighted by molar-refractivity contribution is 7.95. The van der Waals surface area contributed by atoms with Gasteiger partial charge in [-0.05, 0) is 26.0 Å². The molecule has 0 unspecified atom stereocenters. The number of aryl methyl sites for hydroxylation is 2. The predicted molar refractivity (Wildman–Crippen MR) is 75.2 cm³/mol. The largest absolute Gasteiger partial charge is 0.259 e. The molecule has 0 amide bonds. The number of nitrogens with two attached hydrogens (primary N) is 1. The number of imidazole rings is 1. The number of para-hydroxylation sites is 2. The second-order valence-corrected chi connectivity index (χ2v) is 4.65. The van der Waals surface area contributed by atoms with Gasteiger partial charge in [-0.15, -0.1) is 0 Å². The molecular formula is C12H12N6S. The van der Waals surface area contributed by atoms with Crippen LogP contribution in [-0.2, 0) is 0 Å². The third-order valence-corrected chi connectivity index (χ3v) is 3.26. The van der Waals surface area contributed by atoms with Crippen LogP contribution in [0.15, 0.2) is 24.3 Å². The van der Waals surface area contributed by atoms with Crippen LogP contribution < -0.4 is 5.14 Å². The molecule has 2 N–H and O–H groups in total. The zero-order valence-electron chi connectivity index (χ0n) is 10.5. The number of fused-ring (bicyclic) bond motifs is 1. The molecule has 0 aliphatic carbocycles. The standard InChI is InChI=1S/C12H12N6S/c1-7-14-8(2)16-11(15-7)12-17-9-5-3-4-6-10(9)18(12)19-13/h3-6H,13H2,1-2H3. The molecule has 2 aromatic heterocycles. The summed E-state index contributed by atoms with van der Waals surface area (Å²) in [5.74, 6) is 2.52. The van der Waals surface area contributed by atoms with Gasteiger partial charge in [0.25, 0.3) is 0 Å². The van der Waals surface area contributed by atoms with Crippen molar-refractivity contribution in [2.45, 2.75) is 13.8 Å². The van der Waals surface area contributed by atoms with Gasteiger partial charge in [0.2, 0.25) is 0 Å². The highest BCUT2D eigenvalue weighted by Crippen LogP contribution is 2.25. The van der Waals surface area contributed by atoms with Crippen LogP contribution in [0.2, 0.25) is 0 Å². The lowest BCUT2D eigenvalue weighted by Gasteiger charge is -2.04. The van der Waals surface area contributed by atoms with E-state index in [0.29, 0.717) is 23.3 Å². The molecule has 0 radical (unpaired) electrons. The third kappa shape index (κ3) is 2.06. The topological polar surface area (TPSA) is 82.5 Å². The zero-order valence-corrected chi connectivity index (χ0v) is 11.3. The molecule has 7 heteroatoms. The minimum atomic E-state index is 0.541. The fourth-order valence-electron chi connectivity index (χ4n) is 1.97. The van der Waals surface area contributed by atoms with Crippen molar-refractivity contribution in [1.29, 1.82) is 0 Å². The quantitative estimate of drug-likeness (QED) is 0.717. The van der Waals surface area contributed by atoms with Crippen molar-refractivity contribution in [2.75, 3.05) is 0 Å². The average molecular weight is 272 g/mol. The zero-order chi connectivity index (χ0) is 13.4. The Morgan fingerprint density at radius 3 is 2.37 bits per heavy atom. The molecule has 0 bridgehead atoms. The van der Waals surface area contributed by atoms with Gasteiger partial charge in [0, 0.05) is 12.1 Å². The molecule has 0 saturated heterocycles. The molecule has 3 rings (SSSR count). The first kappa shape index (κ1) is 12.1. The average Bonchev–Trinajstić information content (AvgIpc) is 2.76. The van der Waals surface area contributed by atoms with Crippen molar-refractivity contribution in [2.24, 2.45) is 5.14 Å². The van der Waals surface area contributed by atoms with E-state index in [9.17, 15) is 0 Å². The SMILES string of the molecule is Cc1nc(C)nc(-c2nc3ccccc3n2SN)n1.